The van der Waals surface area contributed by atoms with E-state index < -0.39 is 5.97 Å². The molecule has 2 amide bonds. The molecule has 0 spiro atoms. The summed E-state index contributed by atoms with van der Waals surface area (Å²) in [6, 6.07) is 11.2. The summed E-state index contributed by atoms with van der Waals surface area (Å²) >= 11 is 6.47. The zero-order valence-electron chi connectivity index (χ0n) is 17.3. The van der Waals surface area contributed by atoms with Crippen LogP contribution in [0.4, 0.5) is 5.69 Å². The second-order valence-corrected chi connectivity index (χ2v) is 8.31. The molecule has 0 unspecified atom stereocenters. The van der Waals surface area contributed by atoms with Crippen LogP contribution in [0, 0.1) is 0 Å². The van der Waals surface area contributed by atoms with Crippen LogP contribution in [0.15, 0.2) is 47.4 Å². The number of carbonyl (C=O) groups is 3. The van der Waals surface area contributed by atoms with Gasteiger partial charge in [0.15, 0.2) is 11.5 Å². The lowest BCUT2D eigenvalue weighted by Crippen LogP contribution is -2.31. The van der Waals surface area contributed by atoms with E-state index in [0.29, 0.717) is 26.4 Å². The molecule has 8 nitrogen and oxygen atoms in total. The third kappa shape index (κ3) is 5.45. The Balaban J connectivity index is 1.64. The number of ether oxygens (including phenoxy) is 2. The largest absolute Gasteiger partial charge is 0.493 e. The van der Waals surface area contributed by atoms with E-state index in [9.17, 15) is 14.4 Å². The topological polar surface area (TPSA) is 105 Å². The van der Waals surface area contributed by atoms with Gasteiger partial charge in [-0.15, -0.1) is 0 Å². The lowest BCUT2D eigenvalue weighted by atomic mass is 10.2. The Morgan fingerprint density at radius 3 is 2.59 bits per heavy atom. The van der Waals surface area contributed by atoms with Gasteiger partial charge < -0.3 is 19.9 Å². The first-order chi connectivity index (χ1) is 15.3. The van der Waals surface area contributed by atoms with Crippen molar-refractivity contribution in [3.05, 3.63) is 58.5 Å². The van der Waals surface area contributed by atoms with E-state index in [2.05, 4.69) is 5.32 Å². The summed E-state index contributed by atoms with van der Waals surface area (Å²) in [7, 11) is 3.08. The number of nitrogens with zero attached hydrogens (tertiary/aromatic N) is 1. The summed E-state index contributed by atoms with van der Waals surface area (Å²) in [5, 5.41) is 11.7. The van der Waals surface area contributed by atoms with Crippen molar-refractivity contribution in [3.8, 4) is 11.5 Å². The van der Waals surface area contributed by atoms with Crippen LogP contribution in [0.3, 0.4) is 0 Å². The molecule has 0 aliphatic carbocycles. The average Bonchev–Trinajstić information content (AvgIpc) is 3.04. The number of carboxylic acids is 1. The minimum Gasteiger partial charge on any atom is -0.493 e. The first-order valence-corrected chi connectivity index (χ1v) is 10.7. The van der Waals surface area contributed by atoms with Crippen LogP contribution in [-0.4, -0.2) is 52.9 Å². The van der Waals surface area contributed by atoms with Gasteiger partial charge in [0.25, 0.3) is 5.91 Å². The number of hydrogen-bond acceptors (Lipinski definition) is 7. The van der Waals surface area contributed by atoms with Crippen molar-refractivity contribution in [2.75, 3.05) is 26.1 Å². The highest BCUT2D eigenvalue weighted by Gasteiger charge is 2.32. The molecule has 1 fully saturated rings. The minimum absolute atomic E-state index is 0.00732. The van der Waals surface area contributed by atoms with Crippen molar-refractivity contribution < 1.29 is 29.0 Å². The lowest BCUT2D eigenvalue weighted by Gasteiger charge is -2.14. The third-order valence-electron chi connectivity index (χ3n) is 4.53. The van der Waals surface area contributed by atoms with E-state index in [1.807, 2.05) is 0 Å². The van der Waals surface area contributed by atoms with E-state index in [1.54, 1.807) is 43.5 Å². The number of nitrogens with one attached hydrogen (secondary N) is 1. The second kappa shape index (κ2) is 10.3. The van der Waals surface area contributed by atoms with Crippen molar-refractivity contribution in [1.29, 1.82) is 0 Å². The Kier molecular flexibility index (Phi) is 7.49. The summed E-state index contributed by atoms with van der Waals surface area (Å²) in [5.74, 6) is -0.599. The van der Waals surface area contributed by atoms with E-state index in [0.717, 1.165) is 17.3 Å². The fraction of sp³-hybridized carbons (Fsp3) is 0.182. The van der Waals surface area contributed by atoms with Crippen molar-refractivity contribution in [2.45, 2.75) is 6.42 Å². The quantitative estimate of drug-likeness (QED) is 0.443. The number of rotatable bonds is 8. The van der Waals surface area contributed by atoms with Crippen molar-refractivity contribution >= 4 is 57.8 Å². The number of anilines is 1. The molecule has 0 aromatic heterocycles. The summed E-state index contributed by atoms with van der Waals surface area (Å²) in [4.78, 5) is 37.9. The Bertz CT molecular complexity index is 1120. The maximum atomic E-state index is 12.8. The third-order valence-corrected chi connectivity index (χ3v) is 5.91. The number of methoxy groups -OCH3 is 2. The Morgan fingerprint density at radius 1 is 1.16 bits per heavy atom. The van der Waals surface area contributed by atoms with E-state index in [1.165, 1.54) is 24.1 Å². The molecule has 0 radical (unpaired) electrons. The number of benzene rings is 2. The van der Waals surface area contributed by atoms with Gasteiger partial charge in [-0.05, 0) is 42.0 Å². The molecule has 10 heteroatoms. The summed E-state index contributed by atoms with van der Waals surface area (Å²) in [6.45, 7) is 0.110. The number of thiocarbonyl (C=S) groups is 1. The fourth-order valence-electron chi connectivity index (χ4n) is 2.95. The van der Waals surface area contributed by atoms with Crippen LogP contribution < -0.4 is 14.8 Å². The Hall–Kier alpha value is -3.37. The van der Waals surface area contributed by atoms with Crippen molar-refractivity contribution in [1.82, 2.24) is 4.90 Å². The van der Waals surface area contributed by atoms with Gasteiger partial charge in [-0.25, -0.2) is 4.79 Å². The maximum Gasteiger partial charge on any atom is 0.335 e. The lowest BCUT2D eigenvalue weighted by molar-refractivity contribution is -0.122. The zero-order valence-corrected chi connectivity index (χ0v) is 18.9. The Labute approximate surface area is 194 Å². The molecule has 166 valence electrons. The molecule has 2 N–H and O–H groups in total. The van der Waals surface area contributed by atoms with Crippen molar-refractivity contribution in [2.24, 2.45) is 0 Å². The standard InChI is InChI=1S/C22H20N2O6S2/c1-29-16-7-6-13(10-17(16)30-2)11-18-20(26)24(22(31)32-18)9-8-19(25)23-15-5-3-4-14(12-15)21(27)28/h3-7,10-12H,8-9H2,1-2H3,(H,23,25)(H,27,28)/b18-11-. The molecular weight excluding hydrogens is 452 g/mol. The average molecular weight is 473 g/mol. The zero-order chi connectivity index (χ0) is 23.3. The minimum atomic E-state index is -1.08. The van der Waals surface area contributed by atoms with Crippen LogP contribution in [0.2, 0.25) is 0 Å². The van der Waals surface area contributed by atoms with Gasteiger partial charge >= 0.3 is 5.97 Å². The fourth-order valence-corrected chi connectivity index (χ4v) is 4.26. The summed E-state index contributed by atoms with van der Waals surface area (Å²) in [5.41, 5.74) is 1.19. The van der Waals surface area contributed by atoms with Crippen LogP contribution >= 0.6 is 24.0 Å². The number of aromatic carboxylic acids is 1. The smallest absolute Gasteiger partial charge is 0.335 e. The Morgan fingerprint density at radius 2 is 1.91 bits per heavy atom. The van der Waals surface area contributed by atoms with E-state index >= 15 is 0 Å². The molecule has 3 rings (SSSR count). The molecule has 0 atom stereocenters. The number of carbonyl (C=O) groups excluding carboxylic acids is 2. The molecule has 32 heavy (non-hydrogen) atoms. The van der Waals surface area contributed by atoms with Gasteiger partial charge in [0, 0.05) is 18.7 Å². The molecule has 0 saturated carbocycles. The van der Waals surface area contributed by atoms with Crippen LogP contribution in [-0.2, 0) is 9.59 Å². The molecule has 1 aliphatic rings. The first kappa shape index (κ1) is 23.3. The first-order valence-electron chi connectivity index (χ1n) is 9.43. The molecule has 1 aliphatic heterocycles. The highest BCUT2D eigenvalue weighted by atomic mass is 32.2. The second-order valence-electron chi connectivity index (χ2n) is 6.63. The van der Waals surface area contributed by atoms with Gasteiger partial charge in [-0.2, -0.15) is 0 Å². The number of thioether (sulfide) groups is 1. The van der Waals surface area contributed by atoms with Crippen LogP contribution in [0.5, 0.6) is 11.5 Å². The van der Waals surface area contributed by atoms with Crippen LogP contribution in [0.25, 0.3) is 6.08 Å². The van der Waals surface area contributed by atoms with Gasteiger partial charge in [0.05, 0.1) is 24.7 Å². The predicted molar refractivity (Wildman–Crippen MR) is 126 cm³/mol. The normalized spacial score (nSPS) is 14.6. The molecule has 1 heterocycles. The summed E-state index contributed by atoms with van der Waals surface area (Å²) in [6.07, 6.45) is 1.71. The monoisotopic (exact) mass is 472 g/mol. The highest BCUT2D eigenvalue weighted by molar-refractivity contribution is 8.26. The maximum absolute atomic E-state index is 12.8. The number of amides is 2. The molecular formula is C22H20N2O6S2. The predicted octanol–water partition coefficient (Wildman–Crippen LogP) is 3.63. The molecule has 2 aromatic rings. The van der Waals surface area contributed by atoms with Gasteiger partial charge in [0.2, 0.25) is 5.91 Å². The van der Waals surface area contributed by atoms with Gasteiger partial charge in [0.1, 0.15) is 4.32 Å². The summed E-state index contributed by atoms with van der Waals surface area (Å²) < 4.78 is 10.9. The van der Waals surface area contributed by atoms with Gasteiger partial charge in [-0.3, -0.25) is 14.5 Å². The SMILES string of the molecule is COc1ccc(/C=C2\SC(=S)N(CCC(=O)Nc3cccc(C(=O)O)c3)C2=O)cc1OC. The van der Waals surface area contributed by atoms with E-state index in [4.69, 9.17) is 26.8 Å². The molecule has 2 aromatic carbocycles. The molecule has 0 bridgehead atoms. The molecule has 1 saturated heterocycles. The van der Waals surface area contributed by atoms with Crippen LogP contribution in [0.1, 0.15) is 22.3 Å². The van der Waals surface area contributed by atoms with Crippen molar-refractivity contribution in [3.63, 3.8) is 0 Å². The number of hydrogen-bond donors (Lipinski definition) is 2. The highest BCUT2D eigenvalue weighted by Crippen LogP contribution is 2.34. The number of carboxylic acid groups (broad SMARTS) is 1. The van der Waals surface area contributed by atoms with Gasteiger partial charge in [-0.1, -0.05) is 36.1 Å². The van der Waals surface area contributed by atoms with E-state index in [-0.39, 0.29) is 30.3 Å².